The minimum atomic E-state index is 0.533. The monoisotopic (exact) mass is 444 g/mol. The van der Waals surface area contributed by atoms with Gasteiger partial charge in [-0.05, 0) is 61.1 Å². The van der Waals surface area contributed by atoms with Gasteiger partial charge in [0, 0.05) is 0 Å². The van der Waals surface area contributed by atoms with Gasteiger partial charge in [-0.2, -0.15) is 0 Å². The number of benzene rings is 2. The van der Waals surface area contributed by atoms with Crippen molar-refractivity contribution in [2.24, 2.45) is 0 Å². The van der Waals surface area contributed by atoms with Crippen LogP contribution in [0.25, 0.3) is 0 Å². The van der Waals surface area contributed by atoms with Crippen molar-refractivity contribution in [1.82, 2.24) is 0 Å². The lowest BCUT2D eigenvalue weighted by Gasteiger charge is -2.11. The highest BCUT2D eigenvalue weighted by Crippen LogP contribution is 2.18. The Balaban J connectivity index is 1.46. The van der Waals surface area contributed by atoms with E-state index >= 15 is 0 Å². The van der Waals surface area contributed by atoms with Gasteiger partial charge in [0.25, 0.3) is 0 Å². The van der Waals surface area contributed by atoms with Crippen LogP contribution < -0.4 is 9.47 Å². The Morgan fingerprint density at radius 3 is 1.22 bits per heavy atom. The first kappa shape index (κ1) is 24.5. The van der Waals surface area contributed by atoms with Crippen LogP contribution in [0.3, 0.4) is 0 Å². The molecular formula is C26H36O6. The first-order valence-corrected chi connectivity index (χ1v) is 11.6. The summed E-state index contributed by atoms with van der Waals surface area (Å²) in [6.07, 6.45) is 4.35. The summed E-state index contributed by atoms with van der Waals surface area (Å²) in [6.45, 7) is 5.45. The molecule has 0 unspecified atom stereocenters. The molecule has 0 aliphatic carbocycles. The molecule has 0 spiro atoms. The molecular weight excluding hydrogens is 408 g/mol. The van der Waals surface area contributed by atoms with Crippen LogP contribution in [-0.2, 0) is 31.8 Å². The second-order valence-electron chi connectivity index (χ2n) is 7.65. The van der Waals surface area contributed by atoms with Crippen LogP contribution in [0.4, 0.5) is 0 Å². The number of hydrogen-bond acceptors (Lipinski definition) is 6. The van der Waals surface area contributed by atoms with Crippen LogP contribution in [0.1, 0.15) is 24.0 Å². The maximum absolute atomic E-state index is 5.82. The molecule has 0 amide bonds. The summed E-state index contributed by atoms with van der Waals surface area (Å²) in [5, 5.41) is 0. The summed E-state index contributed by atoms with van der Waals surface area (Å²) in [5.74, 6) is 1.80. The number of fused-ring (bicyclic) bond motifs is 4. The first-order chi connectivity index (χ1) is 15.9. The molecule has 0 radical (unpaired) electrons. The summed E-state index contributed by atoms with van der Waals surface area (Å²) in [7, 11) is 0. The molecule has 6 heteroatoms. The average Bonchev–Trinajstić information content (AvgIpc) is 2.82. The number of aryl methyl sites for hydroxylation is 2. The molecule has 0 N–H and O–H groups in total. The van der Waals surface area contributed by atoms with Crippen molar-refractivity contribution in [2.45, 2.75) is 25.7 Å². The van der Waals surface area contributed by atoms with Gasteiger partial charge in [-0.3, -0.25) is 0 Å². The molecule has 1 aliphatic rings. The summed E-state index contributed by atoms with van der Waals surface area (Å²) < 4.78 is 33.8. The van der Waals surface area contributed by atoms with E-state index in [-0.39, 0.29) is 0 Å². The van der Waals surface area contributed by atoms with Crippen molar-refractivity contribution in [3.05, 3.63) is 59.7 Å². The normalized spacial score (nSPS) is 18.8. The van der Waals surface area contributed by atoms with E-state index in [0.29, 0.717) is 66.1 Å². The molecule has 176 valence electrons. The van der Waals surface area contributed by atoms with Gasteiger partial charge in [-0.25, -0.2) is 0 Å². The van der Waals surface area contributed by atoms with E-state index in [0.717, 1.165) is 37.2 Å². The molecule has 1 aliphatic heterocycles. The van der Waals surface area contributed by atoms with Crippen molar-refractivity contribution < 1.29 is 28.4 Å². The second-order valence-corrected chi connectivity index (χ2v) is 7.65. The zero-order valence-electron chi connectivity index (χ0n) is 19.0. The lowest BCUT2D eigenvalue weighted by molar-refractivity contribution is -0.00699. The smallest absolute Gasteiger partial charge is 0.119 e. The molecule has 1 heterocycles. The van der Waals surface area contributed by atoms with Crippen molar-refractivity contribution in [2.75, 3.05) is 66.1 Å². The topological polar surface area (TPSA) is 55.4 Å². The Labute approximate surface area is 191 Å². The Hall–Kier alpha value is -2.12. The predicted octanol–water partition coefficient (Wildman–Crippen LogP) is 4.09. The van der Waals surface area contributed by atoms with E-state index in [9.17, 15) is 0 Å². The molecule has 0 saturated carbocycles. The van der Waals surface area contributed by atoms with Gasteiger partial charge in [0.2, 0.25) is 0 Å². The Bertz CT molecular complexity index is 687. The first-order valence-electron chi connectivity index (χ1n) is 11.6. The predicted molar refractivity (Wildman–Crippen MR) is 124 cm³/mol. The van der Waals surface area contributed by atoms with Gasteiger partial charge in [0.1, 0.15) is 24.7 Å². The highest BCUT2D eigenvalue weighted by atomic mass is 16.6. The Morgan fingerprint density at radius 2 is 0.812 bits per heavy atom. The molecule has 2 aromatic rings. The van der Waals surface area contributed by atoms with E-state index in [1.54, 1.807) is 0 Å². The van der Waals surface area contributed by atoms with Crippen LogP contribution in [-0.4, -0.2) is 66.1 Å². The highest BCUT2D eigenvalue weighted by molar-refractivity contribution is 5.29. The summed E-state index contributed by atoms with van der Waals surface area (Å²) in [4.78, 5) is 0. The van der Waals surface area contributed by atoms with Crippen molar-refractivity contribution >= 4 is 0 Å². The third-order valence-corrected chi connectivity index (χ3v) is 5.09. The molecule has 6 nitrogen and oxygen atoms in total. The molecule has 0 saturated heterocycles. The number of rotatable bonds is 0. The standard InChI is InChI=1S/C26H36O6/c1-2-6-24-8-4-10-26(22-24)32-20-18-30-16-14-28-12-11-27-13-15-29-17-19-31-25-9-3-7-23(5-1)21-25/h3-4,7-10,21-22H,1-2,5-6,11-20H2. The SMILES string of the molecule is c1cc2cc(c1)OCCOCCOCCOCCOCCOc1cccc(c1)CCCC2. The van der Waals surface area contributed by atoms with Gasteiger partial charge in [0.15, 0.2) is 0 Å². The van der Waals surface area contributed by atoms with E-state index in [1.807, 2.05) is 12.1 Å². The zero-order valence-corrected chi connectivity index (χ0v) is 19.0. The van der Waals surface area contributed by atoms with Gasteiger partial charge >= 0.3 is 0 Å². The molecule has 4 bridgehead atoms. The number of hydrogen-bond donors (Lipinski definition) is 0. The molecule has 0 aromatic heterocycles. The minimum Gasteiger partial charge on any atom is -0.491 e. The van der Waals surface area contributed by atoms with Gasteiger partial charge in [-0.1, -0.05) is 24.3 Å². The lowest BCUT2D eigenvalue weighted by atomic mass is 10.0. The van der Waals surface area contributed by atoms with E-state index in [1.165, 1.54) is 11.1 Å². The molecule has 3 rings (SSSR count). The maximum Gasteiger partial charge on any atom is 0.119 e. The minimum absolute atomic E-state index is 0.533. The van der Waals surface area contributed by atoms with Crippen molar-refractivity contribution in [1.29, 1.82) is 0 Å². The summed E-state index contributed by atoms with van der Waals surface area (Å²) in [5.41, 5.74) is 2.61. The molecule has 0 atom stereocenters. The van der Waals surface area contributed by atoms with E-state index < -0.39 is 0 Å². The molecule has 0 fully saturated rings. The largest absolute Gasteiger partial charge is 0.491 e. The Kier molecular flexibility index (Phi) is 12.0. The van der Waals surface area contributed by atoms with Crippen LogP contribution in [0.15, 0.2) is 48.5 Å². The molecule has 2 aromatic carbocycles. The third-order valence-electron chi connectivity index (χ3n) is 5.09. The quantitative estimate of drug-likeness (QED) is 0.610. The fourth-order valence-electron chi connectivity index (χ4n) is 3.44. The van der Waals surface area contributed by atoms with Crippen LogP contribution >= 0.6 is 0 Å². The zero-order chi connectivity index (χ0) is 22.1. The van der Waals surface area contributed by atoms with E-state index in [4.69, 9.17) is 28.4 Å². The van der Waals surface area contributed by atoms with Crippen LogP contribution in [0.5, 0.6) is 11.5 Å². The number of ether oxygens (including phenoxy) is 6. The van der Waals surface area contributed by atoms with E-state index in [2.05, 4.69) is 36.4 Å². The molecule has 32 heavy (non-hydrogen) atoms. The van der Waals surface area contributed by atoms with Crippen LogP contribution in [0, 0.1) is 0 Å². The summed E-state index contributed by atoms with van der Waals surface area (Å²) in [6, 6.07) is 16.7. The highest BCUT2D eigenvalue weighted by Gasteiger charge is 2.01. The fourth-order valence-corrected chi connectivity index (χ4v) is 3.44. The summed E-state index contributed by atoms with van der Waals surface area (Å²) >= 11 is 0. The maximum atomic E-state index is 5.82. The second kappa shape index (κ2) is 15.6. The van der Waals surface area contributed by atoms with Gasteiger partial charge in [-0.15, -0.1) is 0 Å². The Morgan fingerprint density at radius 1 is 0.438 bits per heavy atom. The van der Waals surface area contributed by atoms with Crippen molar-refractivity contribution in [3.63, 3.8) is 0 Å². The fraction of sp³-hybridized carbons (Fsp3) is 0.538. The van der Waals surface area contributed by atoms with Gasteiger partial charge < -0.3 is 28.4 Å². The van der Waals surface area contributed by atoms with Crippen molar-refractivity contribution in [3.8, 4) is 11.5 Å². The average molecular weight is 445 g/mol. The van der Waals surface area contributed by atoms with Gasteiger partial charge in [0.05, 0.1) is 52.9 Å². The van der Waals surface area contributed by atoms with Crippen LogP contribution in [0.2, 0.25) is 0 Å². The lowest BCUT2D eigenvalue weighted by Crippen LogP contribution is -2.14. The third kappa shape index (κ3) is 10.5.